The summed E-state index contributed by atoms with van der Waals surface area (Å²) in [4.78, 5) is 11.8. The third-order valence-electron chi connectivity index (χ3n) is 3.37. The molecular formula is C15H18O5. The normalized spacial score (nSPS) is 31.0. The second-order valence-corrected chi connectivity index (χ2v) is 5.50. The Morgan fingerprint density at radius 3 is 2.75 bits per heavy atom. The molecule has 0 unspecified atom stereocenters. The predicted molar refractivity (Wildman–Crippen MR) is 70.0 cm³/mol. The van der Waals surface area contributed by atoms with E-state index in [2.05, 4.69) is 0 Å². The molecule has 0 aliphatic carbocycles. The zero-order chi connectivity index (χ0) is 14.2. The third kappa shape index (κ3) is 2.85. The zero-order valence-corrected chi connectivity index (χ0v) is 11.6. The van der Waals surface area contributed by atoms with Crippen molar-refractivity contribution in [2.24, 2.45) is 0 Å². The van der Waals surface area contributed by atoms with Crippen LogP contribution in [0.15, 0.2) is 30.3 Å². The second kappa shape index (κ2) is 5.16. The van der Waals surface area contributed by atoms with Gasteiger partial charge in [-0.05, 0) is 26.0 Å². The molecule has 3 atom stereocenters. The van der Waals surface area contributed by atoms with Crippen molar-refractivity contribution in [3.8, 4) is 0 Å². The van der Waals surface area contributed by atoms with Gasteiger partial charge in [-0.15, -0.1) is 0 Å². The third-order valence-corrected chi connectivity index (χ3v) is 3.37. The van der Waals surface area contributed by atoms with E-state index in [9.17, 15) is 4.79 Å². The summed E-state index contributed by atoms with van der Waals surface area (Å²) >= 11 is 0. The molecule has 0 bridgehead atoms. The molecule has 1 aromatic carbocycles. The highest BCUT2D eigenvalue weighted by Gasteiger charge is 2.48. The molecule has 0 aromatic heterocycles. The topological polar surface area (TPSA) is 54.0 Å². The minimum Gasteiger partial charge on any atom is -0.459 e. The first kappa shape index (κ1) is 13.5. The van der Waals surface area contributed by atoms with E-state index in [1.807, 2.05) is 19.9 Å². The van der Waals surface area contributed by atoms with Crippen LogP contribution in [0.3, 0.4) is 0 Å². The van der Waals surface area contributed by atoms with Gasteiger partial charge >= 0.3 is 5.97 Å². The van der Waals surface area contributed by atoms with E-state index in [0.717, 1.165) is 0 Å². The van der Waals surface area contributed by atoms with Gasteiger partial charge in [-0.25, -0.2) is 4.79 Å². The number of hydrogen-bond donors (Lipinski definition) is 0. The van der Waals surface area contributed by atoms with E-state index in [1.165, 1.54) is 0 Å². The Labute approximate surface area is 117 Å². The molecule has 2 heterocycles. The summed E-state index contributed by atoms with van der Waals surface area (Å²) < 4.78 is 22.3. The van der Waals surface area contributed by atoms with Crippen molar-refractivity contribution in [3.05, 3.63) is 35.9 Å². The van der Waals surface area contributed by atoms with Crippen LogP contribution in [-0.2, 0) is 18.9 Å². The highest BCUT2D eigenvalue weighted by Crippen LogP contribution is 2.37. The van der Waals surface area contributed by atoms with Crippen molar-refractivity contribution >= 4 is 5.97 Å². The Balaban J connectivity index is 1.49. The van der Waals surface area contributed by atoms with Crippen LogP contribution in [0.1, 0.15) is 30.6 Å². The standard InChI is InChI=1S/C15H18O5/c1-15(2)19-12-8-11(18-14(12)20-15)9-17-13(16)10-6-4-3-5-7-10/h3-7,11-12,14H,8-9H2,1-2H3/t11-,12+,14+/m0/s1. The molecule has 3 rings (SSSR count). The summed E-state index contributed by atoms with van der Waals surface area (Å²) in [5, 5.41) is 0. The molecule has 20 heavy (non-hydrogen) atoms. The van der Waals surface area contributed by atoms with Gasteiger partial charge in [-0.1, -0.05) is 18.2 Å². The van der Waals surface area contributed by atoms with Crippen molar-refractivity contribution < 1.29 is 23.7 Å². The van der Waals surface area contributed by atoms with Crippen molar-refractivity contribution in [3.63, 3.8) is 0 Å². The van der Waals surface area contributed by atoms with E-state index in [1.54, 1.807) is 24.3 Å². The van der Waals surface area contributed by atoms with Crippen LogP contribution in [0.2, 0.25) is 0 Å². The van der Waals surface area contributed by atoms with Crippen LogP contribution in [-0.4, -0.2) is 36.9 Å². The van der Waals surface area contributed by atoms with Gasteiger partial charge in [0.05, 0.1) is 11.7 Å². The Bertz CT molecular complexity index is 468. The van der Waals surface area contributed by atoms with Crippen LogP contribution in [0, 0.1) is 0 Å². The largest absolute Gasteiger partial charge is 0.459 e. The van der Waals surface area contributed by atoms with Crippen molar-refractivity contribution in [1.29, 1.82) is 0 Å². The molecule has 0 radical (unpaired) electrons. The lowest BCUT2D eigenvalue weighted by atomic mass is 10.2. The van der Waals surface area contributed by atoms with Gasteiger partial charge in [-0.3, -0.25) is 0 Å². The number of carbonyl (C=O) groups excluding carboxylic acids is 1. The summed E-state index contributed by atoms with van der Waals surface area (Å²) in [6.07, 6.45) is 0.0699. The van der Waals surface area contributed by atoms with Crippen LogP contribution >= 0.6 is 0 Å². The predicted octanol–water partition coefficient (Wildman–Crippen LogP) is 2.11. The lowest BCUT2D eigenvalue weighted by Crippen LogP contribution is -2.26. The van der Waals surface area contributed by atoms with Crippen LogP contribution in [0.4, 0.5) is 0 Å². The number of carbonyl (C=O) groups is 1. The highest BCUT2D eigenvalue weighted by molar-refractivity contribution is 5.89. The molecule has 5 heteroatoms. The monoisotopic (exact) mass is 278 g/mol. The van der Waals surface area contributed by atoms with Crippen LogP contribution in [0.5, 0.6) is 0 Å². The fourth-order valence-corrected chi connectivity index (χ4v) is 2.52. The first-order chi connectivity index (χ1) is 9.53. The molecule has 2 fully saturated rings. The Kier molecular flexibility index (Phi) is 3.50. The lowest BCUT2D eigenvalue weighted by Gasteiger charge is -2.20. The van der Waals surface area contributed by atoms with Crippen LogP contribution < -0.4 is 0 Å². The molecule has 0 N–H and O–H groups in total. The van der Waals surface area contributed by atoms with E-state index in [-0.39, 0.29) is 31.1 Å². The summed E-state index contributed by atoms with van der Waals surface area (Å²) in [7, 11) is 0. The maximum absolute atomic E-state index is 11.8. The SMILES string of the molecule is CC1(C)O[C@H]2O[C@H](COC(=O)c3ccccc3)C[C@H]2O1. The fraction of sp³-hybridized carbons (Fsp3) is 0.533. The second-order valence-electron chi connectivity index (χ2n) is 5.50. The van der Waals surface area contributed by atoms with Gasteiger partial charge in [0, 0.05) is 6.42 Å². The molecule has 0 spiro atoms. The minimum absolute atomic E-state index is 0.0783. The average Bonchev–Trinajstić information content (AvgIpc) is 2.90. The van der Waals surface area contributed by atoms with E-state index in [4.69, 9.17) is 18.9 Å². The van der Waals surface area contributed by atoms with Crippen LogP contribution in [0.25, 0.3) is 0 Å². The molecule has 2 aliphatic rings. The summed E-state index contributed by atoms with van der Waals surface area (Å²) in [6.45, 7) is 3.94. The fourth-order valence-electron chi connectivity index (χ4n) is 2.52. The van der Waals surface area contributed by atoms with Crippen molar-refractivity contribution in [1.82, 2.24) is 0 Å². The zero-order valence-electron chi connectivity index (χ0n) is 11.6. The van der Waals surface area contributed by atoms with E-state index in [0.29, 0.717) is 12.0 Å². The number of rotatable bonds is 3. The molecule has 0 amide bonds. The average molecular weight is 278 g/mol. The Morgan fingerprint density at radius 1 is 1.30 bits per heavy atom. The molecule has 2 aliphatic heterocycles. The van der Waals surface area contributed by atoms with Gasteiger partial charge in [0.1, 0.15) is 12.7 Å². The first-order valence-electron chi connectivity index (χ1n) is 6.77. The summed E-state index contributed by atoms with van der Waals surface area (Å²) in [6, 6.07) is 8.91. The highest BCUT2D eigenvalue weighted by atomic mass is 16.8. The first-order valence-corrected chi connectivity index (χ1v) is 6.77. The van der Waals surface area contributed by atoms with E-state index >= 15 is 0 Å². The molecule has 0 saturated carbocycles. The lowest BCUT2D eigenvalue weighted by molar-refractivity contribution is -0.207. The molecule has 108 valence electrons. The van der Waals surface area contributed by atoms with Gasteiger partial charge in [0.15, 0.2) is 12.1 Å². The van der Waals surface area contributed by atoms with Crippen molar-refractivity contribution in [2.75, 3.05) is 6.61 Å². The summed E-state index contributed by atoms with van der Waals surface area (Å²) in [5.41, 5.74) is 0.541. The molecule has 1 aromatic rings. The number of benzene rings is 1. The van der Waals surface area contributed by atoms with Gasteiger partial charge in [-0.2, -0.15) is 0 Å². The summed E-state index contributed by atoms with van der Waals surface area (Å²) in [5.74, 6) is -0.936. The number of hydrogen-bond acceptors (Lipinski definition) is 5. The smallest absolute Gasteiger partial charge is 0.338 e. The maximum atomic E-state index is 11.8. The molecule has 5 nitrogen and oxygen atoms in total. The quantitative estimate of drug-likeness (QED) is 0.793. The molecular weight excluding hydrogens is 260 g/mol. The van der Waals surface area contributed by atoms with Gasteiger partial charge < -0.3 is 18.9 Å². The van der Waals surface area contributed by atoms with Crippen molar-refractivity contribution in [2.45, 2.75) is 44.6 Å². The van der Waals surface area contributed by atoms with Gasteiger partial charge in [0.2, 0.25) is 0 Å². The maximum Gasteiger partial charge on any atom is 0.338 e. The number of fused-ring (bicyclic) bond motifs is 1. The Morgan fingerprint density at radius 2 is 2.05 bits per heavy atom. The Hall–Kier alpha value is -1.43. The minimum atomic E-state index is -0.596. The number of ether oxygens (including phenoxy) is 4. The van der Waals surface area contributed by atoms with Gasteiger partial charge in [0.25, 0.3) is 0 Å². The molecule has 2 saturated heterocycles. The number of esters is 1. The van der Waals surface area contributed by atoms with E-state index < -0.39 is 5.79 Å².